The highest BCUT2D eigenvalue weighted by Crippen LogP contribution is 2.05. The van der Waals surface area contributed by atoms with Gasteiger partial charge in [-0.15, -0.1) is 0 Å². The minimum absolute atomic E-state index is 0.206. The zero-order valence-electron chi connectivity index (χ0n) is 7.66. The Morgan fingerprint density at radius 1 is 1.92 bits per heavy atom. The Morgan fingerprint density at radius 3 is 3.23 bits per heavy atom. The monoisotopic (exact) mass is 183 g/mol. The van der Waals surface area contributed by atoms with Gasteiger partial charge in [0.1, 0.15) is 12.7 Å². The van der Waals surface area contributed by atoms with E-state index < -0.39 is 5.97 Å². The summed E-state index contributed by atoms with van der Waals surface area (Å²) in [6.07, 6.45) is 1.48. The molecule has 4 nitrogen and oxygen atoms in total. The van der Waals surface area contributed by atoms with Crippen LogP contribution in [0.5, 0.6) is 0 Å². The van der Waals surface area contributed by atoms with Crippen LogP contribution in [0, 0.1) is 0 Å². The van der Waals surface area contributed by atoms with E-state index in [2.05, 4.69) is 11.6 Å². The van der Waals surface area contributed by atoms with Crippen LogP contribution in [0.25, 0.3) is 0 Å². The van der Waals surface area contributed by atoms with Gasteiger partial charge in [-0.1, -0.05) is 6.58 Å². The Balaban J connectivity index is 2.27. The Labute approximate surface area is 77.2 Å². The van der Waals surface area contributed by atoms with Crippen LogP contribution in [0.1, 0.15) is 13.3 Å². The molecule has 0 aliphatic carbocycles. The van der Waals surface area contributed by atoms with Crippen LogP contribution in [0.4, 0.5) is 0 Å². The fourth-order valence-electron chi connectivity index (χ4n) is 1.04. The number of ether oxygens (including phenoxy) is 2. The average molecular weight is 183 g/mol. The van der Waals surface area contributed by atoms with Gasteiger partial charge >= 0.3 is 5.97 Å². The molecular formula is C9H13NO3. The lowest BCUT2D eigenvalue weighted by molar-refractivity contribution is -0.141. The van der Waals surface area contributed by atoms with Gasteiger partial charge in [0, 0.05) is 6.08 Å². The summed E-state index contributed by atoms with van der Waals surface area (Å²) in [6, 6.07) is 0. The number of carbonyl (C=O) groups is 1. The van der Waals surface area contributed by atoms with Crippen molar-refractivity contribution in [1.29, 1.82) is 0 Å². The maximum atomic E-state index is 10.8. The second kappa shape index (κ2) is 4.64. The molecule has 0 spiro atoms. The van der Waals surface area contributed by atoms with Gasteiger partial charge in [-0.2, -0.15) is 0 Å². The van der Waals surface area contributed by atoms with Crippen LogP contribution in [0.15, 0.2) is 17.6 Å². The standard InChI is InChI=1S/C9H13NO3/c1-3-9(11)13-7(2)6-8-10-4-5-12-8/h3,7H,1,4-6H2,2H3. The van der Waals surface area contributed by atoms with Crippen molar-refractivity contribution in [3.8, 4) is 0 Å². The molecule has 0 aromatic rings. The van der Waals surface area contributed by atoms with Gasteiger partial charge in [0.25, 0.3) is 0 Å². The van der Waals surface area contributed by atoms with Gasteiger partial charge in [0.05, 0.1) is 13.0 Å². The molecule has 1 aliphatic heterocycles. The average Bonchev–Trinajstić information content (AvgIpc) is 2.56. The molecule has 0 fully saturated rings. The third kappa shape index (κ3) is 3.27. The van der Waals surface area contributed by atoms with E-state index in [4.69, 9.17) is 9.47 Å². The summed E-state index contributed by atoms with van der Waals surface area (Å²) in [5.74, 6) is 0.260. The van der Waals surface area contributed by atoms with Crippen molar-refractivity contribution in [2.45, 2.75) is 19.4 Å². The van der Waals surface area contributed by atoms with E-state index >= 15 is 0 Å². The second-order valence-corrected chi connectivity index (χ2v) is 2.78. The first kappa shape index (κ1) is 9.77. The summed E-state index contributed by atoms with van der Waals surface area (Å²) in [7, 11) is 0. The molecule has 0 aromatic heterocycles. The maximum Gasteiger partial charge on any atom is 0.330 e. The molecule has 1 aliphatic rings. The van der Waals surface area contributed by atoms with Gasteiger partial charge < -0.3 is 9.47 Å². The predicted octanol–water partition coefficient (Wildman–Crippen LogP) is 0.923. The van der Waals surface area contributed by atoms with Gasteiger partial charge in [-0.05, 0) is 6.92 Å². The lowest BCUT2D eigenvalue weighted by Crippen LogP contribution is -2.17. The smallest absolute Gasteiger partial charge is 0.330 e. The molecule has 1 atom stereocenters. The quantitative estimate of drug-likeness (QED) is 0.481. The molecule has 13 heavy (non-hydrogen) atoms. The Morgan fingerprint density at radius 2 is 2.69 bits per heavy atom. The van der Waals surface area contributed by atoms with E-state index in [1.54, 1.807) is 6.92 Å². The van der Waals surface area contributed by atoms with Crippen LogP contribution >= 0.6 is 0 Å². The largest absolute Gasteiger partial charge is 0.479 e. The third-order valence-corrected chi connectivity index (χ3v) is 1.59. The summed E-state index contributed by atoms with van der Waals surface area (Å²) < 4.78 is 10.1. The first-order valence-corrected chi connectivity index (χ1v) is 4.21. The van der Waals surface area contributed by atoms with E-state index in [-0.39, 0.29) is 6.10 Å². The first-order valence-electron chi connectivity index (χ1n) is 4.21. The van der Waals surface area contributed by atoms with E-state index in [0.29, 0.717) is 25.5 Å². The lowest BCUT2D eigenvalue weighted by Gasteiger charge is -2.10. The van der Waals surface area contributed by atoms with E-state index in [0.717, 1.165) is 6.08 Å². The molecule has 0 saturated heterocycles. The molecule has 0 bridgehead atoms. The van der Waals surface area contributed by atoms with Crippen molar-refractivity contribution in [3.05, 3.63) is 12.7 Å². The van der Waals surface area contributed by atoms with Crippen molar-refractivity contribution in [2.75, 3.05) is 13.2 Å². The first-order chi connectivity index (χ1) is 6.22. The Kier molecular flexibility index (Phi) is 3.49. The van der Waals surface area contributed by atoms with Crippen molar-refractivity contribution in [3.63, 3.8) is 0 Å². The molecule has 1 rings (SSSR count). The molecule has 0 saturated carbocycles. The van der Waals surface area contributed by atoms with Crippen LogP contribution < -0.4 is 0 Å². The SMILES string of the molecule is C=CC(=O)OC(C)CC1=NCCO1. The van der Waals surface area contributed by atoms with Crippen molar-refractivity contribution < 1.29 is 14.3 Å². The highest BCUT2D eigenvalue weighted by atomic mass is 16.5. The number of nitrogens with zero attached hydrogens (tertiary/aromatic N) is 1. The summed E-state index contributed by atoms with van der Waals surface area (Å²) in [4.78, 5) is 14.9. The summed E-state index contributed by atoms with van der Waals surface area (Å²) in [5.41, 5.74) is 0. The van der Waals surface area contributed by atoms with Gasteiger partial charge in [-0.3, -0.25) is 4.99 Å². The molecule has 0 amide bonds. The van der Waals surface area contributed by atoms with Crippen molar-refractivity contribution in [1.82, 2.24) is 0 Å². The molecule has 72 valence electrons. The van der Waals surface area contributed by atoms with E-state index in [9.17, 15) is 4.79 Å². The Hall–Kier alpha value is -1.32. The van der Waals surface area contributed by atoms with Crippen molar-refractivity contribution >= 4 is 11.9 Å². The fourth-order valence-corrected chi connectivity index (χ4v) is 1.04. The zero-order valence-corrected chi connectivity index (χ0v) is 7.66. The number of hydrogen-bond donors (Lipinski definition) is 0. The van der Waals surface area contributed by atoms with Gasteiger partial charge in [0.15, 0.2) is 5.90 Å². The molecule has 0 aromatic carbocycles. The highest BCUT2D eigenvalue weighted by molar-refractivity contribution is 5.82. The topological polar surface area (TPSA) is 47.9 Å². The van der Waals surface area contributed by atoms with Crippen LogP contribution in [0.3, 0.4) is 0 Å². The van der Waals surface area contributed by atoms with Gasteiger partial charge in [0.2, 0.25) is 0 Å². The maximum absolute atomic E-state index is 10.8. The number of esters is 1. The number of hydrogen-bond acceptors (Lipinski definition) is 4. The highest BCUT2D eigenvalue weighted by Gasteiger charge is 2.14. The summed E-state index contributed by atoms with van der Waals surface area (Å²) in [6.45, 7) is 6.45. The van der Waals surface area contributed by atoms with Crippen LogP contribution in [0.2, 0.25) is 0 Å². The van der Waals surface area contributed by atoms with Crippen LogP contribution in [-0.4, -0.2) is 31.1 Å². The fraction of sp³-hybridized carbons (Fsp3) is 0.556. The molecule has 0 radical (unpaired) electrons. The van der Waals surface area contributed by atoms with Gasteiger partial charge in [-0.25, -0.2) is 4.79 Å². The minimum atomic E-state index is -0.411. The minimum Gasteiger partial charge on any atom is -0.479 e. The molecule has 1 heterocycles. The molecule has 4 heteroatoms. The molecule has 0 N–H and O–H groups in total. The third-order valence-electron chi connectivity index (χ3n) is 1.59. The summed E-state index contributed by atoms with van der Waals surface area (Å²) >= 11 is 0. The van der Waals surface area contributed by atoms with E-state index in [1.165, 1.54) is 0 Å². The Bertz CT molecular complexity index is 235. The predicted molar refractivity (Wildman–Crippen MR) is 48.6 cm³/mol. The number of rotatable bonds is 4. The number of carbonyl (C=O) groups excluding carboxylic acids is 1. The number of aliphatic imine (C=N–C) groups is 1. The second-order valence-electron chi connectivity index (χ2n) is 2.78. The summed E-state index contributed by atoms with van der Waals surface area (Å²) in [5, 5.41) is 0. The molecule has 1 unspecified atom stereocenters. The lowest BCUT2D eigenvalue weighted by atomic mass is 10.3. The normalized spacial score (nSPS) is 17.2. The van der Waals surface area contributed by atoms with E-state index in [1.807, 2.05) is 0 Å². The van der Waals surface area contributed by atoms with Crippen LogP contribution in [-0.2, 0) is 14.3 Å². The zero-order chi connectivity index (χ0) is 9.68. The molecular weight excluding hydrogens is 170 g/mol. The van der Waals surface area contributed by atoms with Crippen molar-refractivity contribution in [2.24, 2.45) is 4.99 Å².